The molecule has 3 heterocycles. The minimum absolute atomic E-state index is 0.0946. The molecule has 0 N–H and O–H groups in total. The molecule has 1 aromatic heterocycles. The van der Waals surface area contributed by atoms with E-state index in [1.54, 1.807) is 22.8 Å². The zero-order valence-corrected chi connectivity index (χ0v) is 16.4. The summed E-state index contributed by atoms with van der Waals surface area (Å²) in [5.74, 6) is -0.335. The molecule has 1 atom stereocenters. The number of aryl methyl sites for hydroxylation is 1. The van der Waals surface area contributed by atoms with Gasteiger partial charge in [-0.2, -0.15) is 5.10 Å². The van der Waals surface area contributed by atoms with Crippen molar-refractivity contribution in [1.82, 2.24) is 19.6 Å². The van der Waals surface area contributed by atoms with Crippen LogP contribution in [0.25, 0.3) is 0 Å². The maximum absolute atomic E-state index is 13.0. The van der Waals surface area contributed by atoms with Gasteiger partial charge in [0.05, 0.1) is 18.8 Å². The molecule has 2 aromatic rings. The van der Waals surface area contributed by atoms with Crippen molar-refractivity contribution >= 4 is 11.8 Å². The van der Waals surface area contributed by atoms with Crippen LogP contribution in [0.2, 0.25) is 0 Å². The second-order valence-corrected chi connectivity index (χ2v) is 7.45. The molecule has 2 aliphatic heterocycles. The van der Waals surface area contributed by atoms with Gasteiger partial charge in [-0.15, -0.1) is 0 Å². The van der Waals surface area contributed by atoms with Crippen molar-refractivity contribution in [3.8, 4) is 0 Å². The quantitative estimate of drug-likeness (QED) is 0.748. The summed E-state index contributed by atoms with van der Waals surface area (Å²) in [5.41, 5.74) is 2.77. The van der Waals surface area contributed by atoms with Crippen LogP contribution in [0.5, 0.6) is 0 Å². The van der Waals surface area contributed by atoms with E-state index in [2.05, 4.69) is 11.2 Å². The van der Waals surface area contributed by atoms with Gasteiger partial charge in [-0.05, 0) is 30.5 Å². The lowest BCUT2D eigenvalue weighted by Gasteiger charge is -2.36. The Labute approximate surface area is 168 Å². The van der Waals surface area contributed by atoms with E-state index >= 15 is 0 Å². The first-order valence-electron chi connectivity index (χ1n) is 9.81. The molecule has 152 valence electrons. The summed E-state index contributed by atoms with van der Waals surface area (Å²) in [6, 6.07) is 11.1. The Bertz CT molecular complexity index is 987. The minimum Gasteiger partial charge on any atom is -0.365 e. The van der Waals surface area contributed by atoms with Crippen molar-refractivity contribution in [3.05, 3.63) is 63.6 Å². The number of benzene rings is 1. The highest BCUT2D eigenvalue weighted by molar-refractivity contribution is 5.83. The van der Waals surface area contributed by atoms with Gasteiger partial charge in [-0.25, -0.2) is 4.68 Å². The standard InChI is InChI=1S/C21H24N4O4/c1-15-6-7-19(26)25(22-15)14-20(27)23-10-11-29-18(13-23)21(28)24-9-8-16-4-2-3-5-17(16)12-24/h2-7,18H,8-14H2,1H3/t18-/m1/s1. The minimum atomic E-state index is -0.680. The second-order valence-electron chi connectivity index (χ2n) is 7.45. The van der Waals surface area contributed by atoms with E-state index in [4.69, 9.17) is 4.74 Å². The number of ether oxygens (including phenoxy) is 1. The number of hydrogen-bond acceptors (Lipinski definition) is 5. The number of rotatable bonds is 3. The molecule has 8 nitrogen and oxygen atoms in total. The normalized spacial score (nSPS) is 19.0. The largest absolute Gasteiger partial charge is 0.365 e. The van der Waals surface area contributed by atoms with Gasteiger partial charge in [0.1, 0.15) is 6.54 Å². The van der Waals surface area contributed by atoms with Gasteiger partial charge in [0, 0.05) is 25.7 Å². The zero-order chi connectivity index (χ0) is 20.4. The first-order chi connectivity index (χ1) is 14.0. The number of hydrogen-bond donors (Lipinski definition) is 0. The molecule has 0 aliphatic carbocycles. The van der Waals surface area contributed by atoms with Crippen LogP contribution in [0.3, 0.4) is 0 Å². The molecule has 2 aliphatic rings. The third-order valence-electron chi connectivity index (χ3n) is 5.42. The van der Waals surface area contributed by atoms with Crippen LogP contribution in [0.15, 0.2) is 41.2 Å². The average molecular weight is 396 g/mol. The number of aromatic nitrogens is 2. The SMILES string of the molecule is Cc1ccc(=O)n(CC(=O)N2CCO[C@@H](C(=O)N3CCc4ccccc4C3)C2)n1. The Hall–Kier alpha value is -3.00. The molecule has 0 saturated carbocycles. The lowest BCUT2D eigenvalue weighted by atomic mass is 9.99. The van der Waals surface area contributed by atoms with Gasteiger partial charge in [-0.3, -0.25) is 14.4 Å². The van der Waals surface area contributed by atoms with E-state index in [1.807, 2.05) is 18.2 Å². The van der Waals surface area contributed by atoms with Crippen LogP contribution in [0.1, 0.15) is 16.8 Å². The van der Waals surface area contributed by atoms with Gasteiger partial charge >= 0.3 is 0 Å². The van der Waals surface area contributed by atoms with Crippen LogP contribution in [0.4, 0.5) is 0 Å². The maximum atomic E-state index is 13.0. The number of nitrogens with zero attached hydrogens (tertiary/aromatic N) is 4. The van der Waals surface area contributed by atoms with Crippen LogP contribution in [-0.4, -0.2) is 63.7 Å². The molecular formula is C21H24N4O4. The van der Waals surface area contributed by atoms with E-state index in [0.29, 0.717) is 31.9 Å². The third-order valence-corrected chi connectivity index (χ3v) is 5.42. The first kappa shape index (κ1) is 19.3. The van der Waals surface area contributed by atoms with E-state index < -0.39 is 6.10 Å². The molecule has 1 aromatic carbocycles. The summed E-state index contributed by atoms with van der Waals surface area (Å²) in [6.45, 7) is 3.71. The molecule has 0 radical (unpaired) electrons. The lowest BCUT2D eigenvalue weighted by molar-refractivity contribution is -0.155. The first-order valence-corrected chi connectivity index (χ1v) is 9.81. The van der Waals surface area contributed by atoms with Crippen molar-refractivity contribution in [2.45, 2.75) is 32.5 Å². The van der Waals surface area contributed by atoms with Crippen molar-refractivity contribution in [3.63, 3.8) is 0 Å². The fourth-order valence-corrected chi connectivity index (χ4v) is 3.81. The average Bonchev–Trinajstić information content (AvgIpc) is 2.75. The third kappa shape index (κ3) is 4.22. The number of morpholine rings is 1. The van der Waals surface area contributed by atoms with Gasteiger partial charge in [-0.1, -0.05) is 24.3 Å². The number of carbonyl (C=O) groups excluding carboxylic acids is 2. The molecule has 0 bridgehead atoms. The van der Waals surface area contributed by atoms with Gasteiger partial charge in [0.15, 0.2) is 6.10 Å². The lowest BCUT2D eigenvalue weighted by Crippen LogP contribution is -2.54. The summed E-state index contributed by atoms with van der Waals surface area (Å²) < 4.78 is 6.84. The van der Waals surface area contributed by atoms with E-state index in [-0.39, 0.29) is 30.5 Å². The smallest absolute Gasteiger partial charge is 0.267 e. The summed E-state index contributed by atoms with van der Waals surface area (Å²) in [5, 5.41) is 4.11. The van der Waals surface area contributed by atoms with Gasteiger partial charge in [0.2, 0.25) is 5.91 Å². The summed E-state index contributed by atoms with van der Waals surface area (Å²) >= 11 is 0. The Balaban J connectivity index is 1.40. The Morgan fingerprint density at radius 2 is 1.90 bits per heavy atom. The molecule has 1 saturated heterocycles. The van der Waals surface area contributed by atoms with Crippen LogP contribution >= 0.6 is 0 Å². The van der Waals surface area contributed by atoms with Gasteiger partial charge < -0.3 is 14.5 Å². The van der Waals surface area contributed by atoms with E-state index in [9.17, 15) is 14.4 Å². The fourth-order valence-electron chi connectivity index (χ4n) is 3.81. The monoisotopic (exact) mass is 396 g/mol. The molecule has 29 heavy (non-hydrogen) atoms. The summed E-state index contributed by atoms with van der Waals surface area (Å²) in [6.07, 6.45) is 0.138. The molecule has 0 unspecified atom stereocenters. The predicted molar refractivity (Wildman–Crippen MR) is 105 cm³/mol. The van der Waals surface area contributed by atoms with Crippen LogP contribution < -0.4 is 5.56 Å². The highest BCUT2D eigenvalue weighted by atomic mass is 16.5. The Morgan fingerprint density at radius 3 is 2.72 bits per heavy atom. The summed E-state index contributed by atoms with van der Waals surface area (Å²) in [4.78, 5) is 41.0. The molecule has 2 amide bonds. The van der Waals surface area contributed by atoms with Crippen molar-refractivity contribution in [2.24, 2.45) is 0 Å². The fraction of sp³-hybridized carbons (Fsp3) is 0.429. The Kier molecular flexibility index (Phi) is 5.44. The topological polar surface area (TPSA) is 84.7 Å². The molecule has 1 fully saturated rings. The van der Waals surface area contributed by atoms with Crippen molar-refractivity contribution in [2.75, 3.05) is 26.2 Å². The molecule has 4 rings (SSSR count). The highest BCUT2D eigenvalue weighted by Gasteiger charge is 2.33. The maximum Gasteiger partial charge on any atom is 0.267 e. The van der Waals surface area contributed by atoms with E-state index in [0.717, 1.165) is 16.7 Å². The highest BCUT2D eigenvalue weighted by Crippen LogP contribution is 2.20. The molecule has 0 spiro atoms. The van der Waals surface area contributed by atoms with Crippen LogP contribution in [0, 0.1) is 6.92 Å². The Morgan fingerprint density at radius 1 is 1.10 bits per heavy atom. The molecule has 8 heteroatoms. The van der Waals surface area contributed by atoms with Crippen molar-refractivity contribution < 1.29 is 14.3 Å². The van der Waals surface area contributed by atoms with E-state index in [1.165, 1.54) is 11.6 Å². The number of carbonyl (C=O) groups is 2. The zero-order valence-electron chi connectivity index (χ0n) is 16.4. The number of amides is 2. The number of fused-ring (bicyclic) bond motifs is 1. The van der Waals surface area contributed by atoms with Crippen molar-refractivity contribution in [1.29, 1.82) is 0 Å². The van der Waals surface area contributed by atoms with Crippen LogP contribution in [-0.2, 0) is 33.8 Å². The second kappa shape index (κ2) is 8.16. The van der Waals surface area contributed by atoms with Gasteiger partial charge in [0.25, 0.3) is 11.5 Å². The predicted octanol–water partition coefficient (Wildman–Crippen LogP) is 0.364. The summed E-state index contributed by atoms with van der Waals surface area (Å²) in [7, 11) is 0. The molecular weight excluding hydrogens is 372 g/mol.